The van der Waals surface area contributed by atoms with Crippen LogP contribution >= 0.6 is 0 Å². The predicted molar refractivity (Wildman–Crippen MR) is 49.9 cm³/mol. The van der Waals surface area contributed by atoms with Crippen LogP contribution in [0.4, 0.5) is 5.69 Å². The highest BCUT2D eigenvalue weighted by molar-refractivity contribution is 5.70. The van der Waals surface area contributed by atoms with E-state index in [1.807, 2.05) is 20.0 Å². The lowest BCUT2D eigenvalue weighted by atomic mass is 10.5. The Morgan fingerprint density at radius 1 is 1.69 bits per heavy atom. The number of aryl methyl sites for hydroxylation is 1. The van der Waals surface area contributed by atoms with Gasteiger partial charge in [-0.1, -0.05) is 0 Å². The van der Waals surface area contributed by atoms with E-state index < -0.39 is 0 Å². The standard InChI is InChI=1S/C8H12N4O/c1-3-13-8-6(9)7-10-5(2)4-12(7)11-8/h4,10H,3,9H2,1-2H3. The van der Waals surface area contributed by atoms with Crippen LogP contribution in [0.2, 0.25) is 0 Å². The Hall–Kier alpha value is -1.65. The van der Waals surface area contributed by atoms with Gasteiger partial charge in [0.25, 0.3) is 5.88 Å². The fourth-order valence-electron chi connectivity index (χ4n) is 1.29. The van der Waals surface area contributed by atoms with Crippen molar-refractivity contribution in [1.29, 1.82) is 0 Å². The van der Waals surface area contributed by atoms with Crippen LogP contribution in [0, 0.1) is 6.92 Å². The average Bonchev–Trinajstić information content (AvgIpc) is 2.54. The van der Waals surface area contributed by atoms with E-state index in [9.17, 15) is 0 Å². The molecular formula is C8H12N4O. The van der Waals surface area contributed by atoms with Gasteiger partial charge in [-0.05, 0) is 13.8 Å². The van der Waals surface area contributed by atoms with Crippen molar-refractivity contribution < 1.29 is 4.74 Å². The molecule has 0 unspecified atom stereocenters. The second-order valence-electron chi connectivity index (χ2n) is 2.88. The first-order valence-corrected chi connectivity index (χ1v) is 4.18. The Morgan fingerprint density at radius 2 is 2.46 bits per heavy atom. The molecule has 0 atom stereocenters. The first kappa shape index (κ1) is 7.97. The second-order valence-corrected chi connectivity index (χ2v) is 2.88. The molecule has 0 aromatic carbocycles. The van der Waals surface area contributed by atoms with Gasteiger partial charge in [0.05, 0.1) is 12.8 Å². The first-order chi connectivity index (χ1) is 6.22. The summed E-state index contributed by atoms with van der Waals surface area (Å²) in [6.07, 6.45) is 1.87. The van der Waals surface area contributed by atoms with Crippen molar-refractivity contribution in [3.63, 3.8) is 0 Å². The number of anilines is 1. The molecule has 2 rings (SSSR count). The molecule has 0 saturated carbocycles. The molecule has 0 bridgehead atoms. The molecule has 0 amide bonds. The van der Waals surface area contributed by atoms with Crippen LogP contribution in [0.15, 0.2) is 6.20 Å². The van der Waals surface area contributed by atoms with Gasteiger partial charge in [-0.15, -0.1) is 5.10 Å². The van der Waals surface area contributed by atoms with Gasteiger partial charge in [-0.3, -0.25) is 0 Å². The molecule has 0 saturated heterocycles. The van der Waals surface area contributed by atoms with E-state index in [0.29, 0.717) is 18.2 Å². The number of ether oxygens (including phenoxy) is 1. The van der Waals surface area contributed by atoms with Crippen LogP contribution in [0.5, 0.6) is 5.88 Å². The van der Waals surface area contributed by atoms with E-state index in [4.69, 9.17) is 10.5 Å². The molecule has 13 heavy (non-hydrogen) atoms. The van der Waals surface area contributed by atoms with Crippen molar-refractivity contribution in [2.45, 2.75) is 13.8 Å². The summed E-state index contributed by atoms with van der Waals surface area (Å²) in [5.74, 6) is 0.494. The van der Waals surface area contributed by atoms with Crippen molar-refractivity contribution in [2.75, 3.05) is 12.3 Å². The molecule has 0 fully saturated rings. The highest BCUT2D eigenvalue weighted by Crippen LogP contribution is 2.24. The number of hydrogen-bond acceptors (Lipinski definition) is 3. The number of nitrogens with one attached hydrogen (secondary N) is 1. The van der Waals surface area contributed by atoms with Crippen LogP contribution in [0.1, 0.15) is 12.6 Å². The molecule has 2 aromatic heterocycles. The monoisotopic (exact) mass is 180 g/mol. The summed E-state index contributed by atoms with van der Waals surface area (Å²) < 4.78 is 6.93. The normalized spacial score (nSPS) is 10.9. The first-order valence-electron chi connectivity index (χ1n) is 4.18. The molecule has 0 aliphatic heterocycles. The number of aromatic amines is 1. The number of rotatable bonds is 2. The number of nitrogens with zero attached hydrogens (tertiary/aromatic N) is 2. The maximum atomic E-state index is 5.80. The summed E-state index contributed by atoms with van der Waals surface area (Å²) >= 11 is 0. The van der Waals surface area contributed by atoms with Gasteiger partial charge in [0, 0.05) is 5.69 Å². The SMILES string of the molecule is CCOc1nn2cc(C)[nH]c2c1N. The minimum atomic E-state index is 0.494. The fraction of sp³-hybridized carbons (Fsp3) is 0.375. The van der Waals surface area contributed by atoms with E-state index in [0.717, 1.165) is 11.3 Å². The molecule has 0 aliphatic rings. The summed E-state index contributed by atoms with van der Waals surface area (Å²) in [5, 5.41) is 4.16. The molecule has 5 nitrogen and oxygen atoms in total. The topological polar surface area (TPSA) is 68.3 Å². The van der Waals surface area contributed by atoms with Crippen LogP contribution in [0.25, 0.3) is 5.65 Å². The van der Waals surface area contributed by atoms with Gasteiger partial charge < -0.3 is 15.5 Å². The molecule has 0 spiro atoms. The Bertz CT molecular complexity index is 428. The van der Waals surface area contributed by atoms with Crippen molar-refractivity contribution in [3.8, 4) is 5.88 Å². The van der Waals surface area contributed by atoms with Crippen molar-refractivity contribution >= 4 is 11.3 Å². The quantitative estimate of drug-likeness (QED) is 0.723. The molecule has 5 heteroatoms. The smallest absolute Gasteiger partial charge is 0.259 e. The minimum absolute atomic E-state index is 0.494. The lowest BCUT2D eigenvalue weighted by Gasteiger charge is -1.96. The third-order valence-corrected chi connectivity index (χ3v) is 1.83. The molecular weight excluding hydrogens is 168 g/mol. The van der Waals surface area contributed by atoms with Gasteiger partial charge in [0.1, 0.15) is 5.69 Å². The fourth-order valence-corrected chi connectivity index (χ4v) is 1.29. The van der Waals surface area contributed by atoms with Crippen LogP contribution in [-0.2, 0) is 0 Å². The number of H-pyrrole nitrogens is 1. The summed E-state index contributed by atoms with van der Waals surface area (Å²) in [6.45, 7) is 4.43. The summed E-state index contributed by atoms with van der Waals surface area (Å²) in [7, 11) is 0. The molecule has 0 aliphatic carbocycles. The van der Waals surface area contributed by atoms with Crippen LogP contribution in [0.3, 0.4) is 0 Å². The summed E-state index contributed by atoms with van der Waals surface area (Å²) in [5.41, 5.74) is 8.18. The molecule has 2 heterocycles. The van der Waals surface area contributed by atoms with Crippen molar-refractivity contribution in [3.05, 3.63) is 11.9 Å². The zero-order valence-corrected chi connectivity index (χ0v) is 7.66. The van der Waals surface area contributed by atoms with E-state index in [-0.39, 0.29) is 0 Å². The molecule has 0 radical (unpaired) electrons. The Kier molecular flexibility index (Phi) is 1.65. The molecule has 3 N–H and O–H groups in total. The lowest BCUT2D eigenvalue weighted by Crippen LogP contribution is -1.95. The number of hydrogen-bond donors (Lipinski definition) is 2. The number of imidazole rings is 1. The lowest BCUT2D eigenvalue weighted by molar-refractivity contribution is 0.326. The van der Waals surface area contributed by atoms with Gasteiger partial charge in [-0.25, -0.2) is 4.52 Å². The van der Waals surface area contributed by atoms with Crippen molar-refractivity contribution in [2.24, 2.45) is 0 Å². The molecule has 70 valence electrons. The minimum Gasteiger partial charge on any atom is -0.475 e. The maximum absolute atomic E-state index is 5.80. The van der Waals surface area contributed by atoms with E-state index in [2.05, 4.69) is 10.1 Å². The van der Waals surface area contributed by atoms with E-state index in [1.165, 1.54) is 0 Å². The number of nitrogens with two attached hydrogens (primary N) is 1. The second kappa shape index (κ2) is 2.69. The molecule has 2 aromatic rings. The largest absolute Gasteiger partial charge is 0.475 e. The summed E-state index contributed by atoms with van der Waals surface area (Å²) in [6, 6.07) is 0. The van der Waals surface area contributed by atoms with Gasteiger partial charge in [0.2, 0.25) is 0 Å². The van der Waals surface area contributed by atoms with Crippen LogP contribution in [-0.4, -0.2) is 21.2 Å². The van der Waals surface area contributed by atoms with Crippen molar-refractivity contribution in [1.82, 2.24) is 14.6 Å². The highest BCUT2D eigenvalue weighted by atomic mass is 16.5. The Balaban J connectivity index is 2.56. The predicted octanol–water partition coefficient (Wildman–Crippen LogP) is 0.952. The third kappa shape index (κ3) is 1.12. The van der Waals surface area contributed by atoms with E-state index in [1.54, 1.807) is 4.52 Å². The highest BCUT2D eigenvalue weighted by Gasteiger charge is 2.11. The zero-order valence-electron chi connectivity index (χ0n) is 7.66. The van der Waals surface area contributed by atoms with Gasteiger partial charge in [0.15, 0.2) is 5.65 Å². The zero-order chi connectivity index (χ0) is 9.42. The van der Waals surface area contributed by atoms with Gasteiger partial charge in [-0.2, -0.15) is 0 Å². The van der Waals surface area contributed by atoms with Crippen LogP contribution < -0.4 is 10.5 Å². The summed E-state index contributed by atoms with van der Waals surface area (Å²) in [4.78, 5) is 3.10. The number of fused-ring (bicyclic) bond motifs is 1. The number of nitrogen functional groups attached to an aromatic ring is 1. The number of aromatic nitrogens is 3. The average molecular weight is 180 g/mol. The third-order valence-electron chi connectivity index (χ3n) is 1.83. The Morgan fingerprint density at radius 3 is 3.08 bits per heavy atom. The van der Waals surface area contributed by atoms with E-state index >= 15 is 0 Å². The van der Waals surface area contributed by atoms with Gasteiger partial charge >= 0.3 is 0 Å². The Labute approximate surface area is 75.5 Å². The maximum Gasteiger partial charge on any atom is 0.259 e.